The van der Waals surface area contributed by atoms with Crippen molar-refractivity contribution < 1.29 is 9.53 Å². The Labute approximate surface area is 162 Å². The Morgan fingerprint density at radius 2 is 1.24 bits per heavy atom. The van der Waals surface area contributed by atoms with Crippen LogP contribution in [0, 0.1) is 0 Å². The number of hydrogen-bond acceptors (Lipinski definition) is 3. The number of allylic oxidation sites excluding steroid dienone is 1. The fourth-order valence-corrected chi connectivity index (χ4v) is 3.06. The first kappa shape index (κ1) is 24.6. The first-order valence-electron chi connectivity index (χ1n) is 10.7. The fraction of sp³-hybridized carbons (Fsp3) is 0.864. The van der Waals surface area contributed by atoms with Gasteiger partial charge in [0.25, 0.3) is 0 Å². The largest absolute Gasteiger partial charge is 0.465 e. The minimum Gasteiger partial charge on any atom is -0.465 e. The molecule has 0 bridgehead atoms. The van der Waals surface area contributed by atoms with Crippen LogP contribution < -0.4 is 0 Å². The molecule has 0 unspecified atom stereocenters. The molecule has 0 aliphatic heterocycles. The predicted octanol–water partition coefficient (Wildman–Crippen LogP) is 7.28. The van der Waals surface area contributed by atoms with Gasteiger partial charge in [-0.15, -0.1) is 0 Å². The third-order valence-corrected chi connectivity index (χ3v) is 4.71. The molecule has 0 spiro atoms. The predicted molar refractivity (Wildman–Crippen MR) is 113 cm³/mol. The summed E-state index contributed by atoms with van der Waals surface area (Å²) >= 11 is 4.01. The minimum absolute atomic E-state index is 0.147. The van der Waals surface area contributed by atoms with Gasteiger partial charge in [-0.05, 0) is 12.8 Å². The number of hydrogen-bond donors (Lipinski definition) is 1. The topological polar surface area (TPSA) is 26.3 Å². The monoisotopic (exact) mass is 370 g/mol. The molecule has 0 fully saturated rings. The highest BCUT2D eigenvalue weighted by Crippen LogP contribution is 2.13. The van der Waals surface area contributed by atoms with Crippen LogP contribution in [0.15, 0.2) is 12.2 Å². The van der Waals surface area contributed by atoms with E-state index in [0.29, 0.717) is 18.8 Å². The van der Waals surface area contributed by atoms with Crippen LogP contribution in [0.25, 0.3) is 0 Å². The van der Waals surface area contributed by atoms with Crippen LogP contribution in [0.1, 0.15) is 110 Å². The van der Waals surface area contributed by atoms with Crippen molar-refractivity contribution >= 4 is 18.6 Å². The molecule has 0 radical (unpaired) electrons. The van der Waals surface area contributed by atoms with Gasteiger partial charge >= 0.3 is 5.97 Å². The second-order valence-corrected chi connectivity index (χ2v) is 7.45. The van der Waals surface area contributed by atoms with Gasteiger partial charge in [0.05, 0.1) is 6.42 Å². The van der Waals surface area contributed by atoms with Crippen LogP contribution in [-0.4, -0.2) is 18.3 Å². The number of rotatable bonds is 19. The maximum absolute atomic E-state index is 11.3. The average molecular weight is 371 g/mol. The molecule has 0 rings (SSSR count). The summed E-state index contributed by atoms with van der Waals surface area (Å²) in [5.74, 6) is 0.445. The molecule has 25 heavy (non-hydrogen) atoms. The van der Waals surface area contributed by atoms with E-state index in [1.54, 1.807) is 0 Å². The lowest BCUT2D eigenvalue weighted by Gasteiger charge is -2.03. The van der Waals surface area contributed by atoms with Gasteiger partial charge in [0.1, 0.15) is 6.61 Å². The van der Waals surface area contributed by atoms with Crippen molar-refractivity contribution in [3.05, 3.63) is 12.2 Å². The number of ether oxygens (including phenoxy) is 1. The Morgan fingerprint density at radius 3 is 1.72 bits per heavy atom. The zero-order chi connectivity index (χ0) is 18.4. The first-order chi connectivity index (χ1) is 12.3. The molecule has 0 amide bonds. The quantitative estimate of drug-likeness (QED) is 0.112. The molecule has 2 nitrogen and oxygen atoms in total. The molecule has 148 valence electrons. The van der Waals surface area contributed by atoms with Crippen LogP contribution in [0.5, 0.6) is 0 Å². The van der Waals surface area contributed by atoms with E-state index in [0.717, 1.165) is 6.42 Å². The number of carbonyl (C=O) groups is 1. The van der Waals surface area contributed by atoms with Crippen molar-refractivity contribution in [2.24, 2.45) is 0 Å². The number of thiol groups is 1. The molecule has 0 saturated heterocycles. The van der Waals surface area contributed by atoms with Crippen LogP contribution in [-0.2, 0) is 9.53 Å². The van der Waals surface area contributed by atoms with Gasteiger partial charge in [0.2, 0.25) is 0 Å². The SMILES string of the molecule is CCCCCCCCCCCCCCCC/C=C/CC(=O)OCCS. The van der Waals surface area contributed by atoms with Gasteiger partial charge in [-0.1, -0.05) is 103 Å². The lowest BCUT2D eigenvalue weighted by atomic mass is 10.0. The number of esters is 1. The molecule has 0 N–H and O–H groups in total. The molecular formula is C22H42O2S. The highest BCUT2D eigenvalue weighted by molar-refractivity contribution is 7.80. The molecule has 0 atom stereocenters. The van der Waals surface area contributed by atoms with Crippen molar-refractivity contribution in [3.8, 4) is 0 Å². The van der Waals surface area contributed by atoms with Crippen molar-refractivity contribution in [1.82, 2.24) is 0 Å². The normalized spacial score (nSPS) is 11.3. The smallest absolute Gasteiger partial charge is 0.309 e. The standard InChI is InChI=1S/C22H42O2S/c1-2-3-4-5-6-7-8-9-10-11-12-13-14-15-16-17-18-19-22(23)24-20-21-25/h17-18,25H,2-16,19-21H2,1H3/b18-17+. The van der Waals surface area contributed by atoms with Gasteiger partial charge in [-0.2, -0.15) is 12.6 Å². The summed E-state index contributed by atoms with van der Waals surface area (Å²) in [4.78, 5) is 11.3. The minimum atomic E-state index is -0.147. The zero-order valence-corrected chi connectivity index (χ0v) is 17.5. The summed E-state index contributed by atoms with van der Waals surface area (Å²) in [5, 5.41) is 0. The molecule has 0 aromatic rings. The summed E-state index contributed by atoms with van der Waals surface area (Å²) < 4.78 is 4.95. The Bertz CT molecular complexity index is 302. The van der Waals surface area contributed by atoms with Crippen LogP contribution in [0.3, 0.4) is 0 Å². The van der Waals surface area contributed by atoms with E-state index in [1.165, 1.54) is 89.9 Å². The third-order valence-electron chi connectivity index (χ3n) is 4.53. The van der Waals surface area contributed by atoms with E-state index in [4.69, 9.17) is 4.74 Å². The van der Waals surface area contributed by atoms with Gasteiger partial charge < -0.3 is 4.74 Å². The summed E-state index contributed by atoms with van der Waals surface area (Å²) in [6, 6.07) is 0. The van der Waals surface area contributed by atoms with Crippen molar-refractivity contribution in [1.29, 1.82) is 0 Å². The summed E-state index contributed by atoms with van der Waals surface area (Å²) in [6.07, 6.45) is 25.0. The van der Waals surface area contributed by atoms with Crippen LogP contribution in [0.2, 0.25) is 0 Å². The lowest BCUT2D eigenvalue weighted by molar-refractivity contribution is -0.141. The molecule has 0 aromatic carbocycles. The van der Waals surface area contributed by atoms with Crippen molar-refractivity contribution in [2.75, 3.05) is 12.4 Å². The fourth-order valence-electron chi connectivity index (χ4n) is 2.97. The summed E-state index contributed by atoms with van der Waals surface area (Å²) in [6.45, 7) is 2.69. The van der Waals surface area contributed by atoms with E-state index in [2.05, 4.69) is 25.6 Å². The Morgan fingerprint density at radius 1 is 0.760 bits per heavy atom. The average Bonchev–Trinajstić information content (AvgIpc) is 2.62. The maximum Gasteiger partial charge on any atom is 0.309 e. The second kappa shape index (κ2) is 21.6. The van der Waals surface area contributed by atoms with Crippen LogP contribution in [0.4, 0.5) is 0 Å². The first-order valence-corrected chi connectivity index (χ1v) is 11.4. The van der Waals surface area contributed by atoms with Crippen LogP contribution >= 0.6 is 12.6 Å². The zero-order valence-electron chi connectivity index (χ0n) is 16.6. The van der Waals surface area contributed by atoms with Gasteiger partial charge in [-0.3, -0.25) is 4.79 Å². The number of carbonyl (C=O) groups excluding carboxylic acids is 1. The second-order valence-electron chi connectivity index (χ2n) is 7.00. The van der Waals surface area contributed by atoms with Gasteiger partial charge in [0, 0.05) is 5.75 Å². The summed E-state index contributed by atoms with van der Waals surface area (Å²) in [7, 11) is 0. The van der Waals surface area contributed by atoms with E-state index in [9.17, 15) is 4.79 Å². The maximum atomic E-state index is 11.3. The lowest BCUT2D eigenvalue weighted by Crippen LogP contribution is -2.04. The van der Waals surface area contributed by atoms with Gasteiger partial charge in [-0.25, -0.2) is 0 Å². The molecule has 0 aliphatic carbocycles. The Balaban J connectivity index is 3.12. The summed E-state index contributed by atoms with van der Waals surface area (Å²) in [5.41, 5.74) is 0. The highest BCUT2D eigenvalue weighted by atomic mass is 32.1. The molecule has 0 heterocycles. The molecule has 0 aromatic heterocycles. The number of unbranched alkanes of at least 4 members (excludes halogenated alkanes) is 14. The molecule has 0 saturated carbocycles. The van der Waals surface area contributed by atoms with Gasteiger partial charge in [0.15, 0.2) is 0 Å². The van der Waals surface area contributed by atoms with Crippen molar-refractivity contribution in [2.45, 2.75) is 110 Å². The molecular weight excluding hydrogens is 328 g/mol. The molecule has 3 heteroatoms. The third kappa shape index (κ3) is 21.5. The van der Waals surface area contributed by atoms with Crippen molar-refractivity contribution in [3.63, 3.8) is 0 Å². The Kier molecular flexibility index (Phi) is 21.2. The van der Waals surface area contributed by atoms with E-state index in [-0.39, 0.29) is 5.97 Å². The highest BCUT2D eigenvalue weighted by Gasteiger charge is 1.97. The Hall–Kier alpha value is -0.440. The van der Waals surface area contributed by atoms with E-state index >= 15 is 0 Å². The van der Waals surface area contributed by atoms with E-state index < -0.39 is 0 Å². The molecule has 0 aliphatic rings. The van der Waals surface area contributed by atoms with E-state index in [1.807, 2.05) is 6.08 Å².